The summed E-state index contributed by atoms with van der Waals surface area (Å²) in [6.07, 6.45) is 2.08. The van der Waals surface area contributed by atoms with E-state index in [0.717, 1.165) is 64.5 Å². The minimum Gasteiger partial charge on any atom is -0.326 e. The summed E-state index contributed by atoms with van der Waals surface area (Å²) in [4.78, 5) is 32.1. The number of anilines is 1. The molecule has 2 aromatic rings. The molecular formula is C27H30Cl2N4O2S. The van der Waals surface area contributed by atoms with E-state index in [4.69, 9.17) is 28.2 Å². The van der Waals surface area contributed by atoms with E-state index < -0.39 is 4.75 Å². The second-order valence-corrected chi connectivity index (χ2v) is 12.0. The maximum atomic E-state index is 12.5. The molecule has 0 radical (unpaired) electrons. The maximum absolute atomic E-state index is 12.5. The highest BCUT2D eigenvalue weighted by atomic mass is 35.5. The van der Waals surface area contributed by atoms with Crippen molar-refractivity contribution >= 4 is 63.3 Å². The topological polar surface area (TPSA) is 65.3 Å². The van der Waals surface area contributed by atoms with Gasteiger partial charge in [0.2, 0.25) is 5.91 Å². The number of carbonyl (C=O) groups is 2. The Balaban J connectivity index is 1.77. The van der Waals surface area contributed by atoms with Crippen molar-refractivity contribution in [3.05, 3.63) is 63.1 Å². The summed E-state index contributed by atoms with van der Waals surface area (Å²) >= 11 is 13.7. The lowest BCUT2D eigenvalue weighted by Crippen LogP contribution is -2.43. The first-order chi connectivity index (χ1) is 17.0. The normalized spacial score (nSPS) is 17.8. The molecule has 4 rings (SSSR count). The molecule has 9 heteroatoms. The third-order valence-corrected chi connectivity index (χ3v) is 7.90. The van der Waals surface area contributed by atoms with Crippen molar-refractivity contribution in [2.75, 3.05) is 11.4 Å². The van der Waals surface area contributed by atoms with Crippen LogP contribution in [-0.4, -0.2) is 45.0 Å². The summed E-state index contributed by atoms with van der Waals surface area (Å²) in [7, 11) is 0. The van der Waals surface area contributed by atoms with Crippen molar-refractivity contribution in [3.8, 4) is 0 Å². The summed E-state index contributed by atoms with van der Waals surface area (Å²) in [5, 5.41) is 6.21. The Bertz CT molecular complexity index is 1270. The Labute approximate surface area is 226 Å². The van der Waals surface area contributed by atoms with Crippen molar-refractivity contribution in [2.24, 2.45) is 10.1 Å². The number of aliphatic imine (C=N–C) groups is 1. The number of hydrogen-bond acceptors (Lipinski definition) is 5. The van der Waals surface area contributed by atoms with Crippen molar-refractivity contribution in [2.45, 2.75) is 64.7 Å². The van der Waals surface area contributed by atoms with Gasteiger partial charge in [0.15, 0.2) is 0 Å². The average Bonchev–Trinajstić information content (AvgIpc) is 2.82. The molecule has 0 unspecified atom stereocenters. The zero-order chi connectivity index (χ0) is 26.2. The monoisotopic (exact) mass is 544 g/mol. The third-order valence-electron chi connectivity index (χ3n) is 6.11. The minimum absolute atomic E-state index is 0.0909. The van der Waals surface area contributed by atoms with E-state index in [0.29, 0.717) is 10.0 Å². The van der Waals surface area contributed by atoms with E-state index >= 15 is 0 Å². The van der Waals surface area contributed by atoms with Gasteiger partial charge in [0.1, 0.15) is 5.84 Å². The van der Waals surface area contributed by atoms with Gasteiger partial charge in [-0.05, 0) is 93.8 Å². The van der Waals surface area contributed by atoms with Gasteiger partial charge in [-0.1, -0.05) is 36.2 Å². The van der Waals surface area contributed by atoms with Gasteiger partial charge in [-0.2, -0.15) is 10.1 Å². The molecule has 0 bridgehead atoms. The fourth-order valence-electron chi connectivity index (χ4n) is 4.43. The number of fused-ring (bicyclic) bond motifs is 1. The third kappa shape index (κ3) is 5.34. The first kappa shape index (κ1) is 26.7. The number of amidine groups is 1. The Hall–Kier alpha value is -2.35. The number of halogens is 2. The van der Waals surface area contributed by atoms with E-state index in [9.17, 15) is 9.59 Å². The van der Waals surface area contributed by atoms with Crippen LogP contribution in [0.25, 0.3) is 0 Å². The van der Waals surface area contributed by atoms with Gasteiger partial charge in [0.25, 0.3) is 0 Å². The molecule has 2 aliphatic heterocycles. The van der Waals surface area contributed by atoms with Crippen LogP contribution in [0.2, 0.25) is 10.0 Å². The van der Waals surface area contributed by atoms with Crippen LogP contribution in [0.5, 0.6) is 0 Å². The molecule has 36 heavy (non-hydrogen) atoms. The molecule has 2 heterocycles. The number of hydrazone groups is 1. The Morgan fingerprint density at radius 3 is 2.58 bits per heavy atom. The molecule has 0 saturated heterocycles. The van der Waals surface area contributed by atoms with Crippen LogP contribution in [-0.2, 0) is 11.2 Å². The van der Waals surface area contributed by atoms with Gasteiger partial charge in [-0.3, -0.25) is 14.6 Å². The van der Waals surface area contributed by atoms with E-state index in [-0.39, 0.29) is 23.6 Å². The molecule has 2 aromatic carbocycles. The largest absolute Gasteiger partial charge is 0.326 e. The van der Waals surface area contributed by atoms with E-state index in [1.54, 1.807) is 13.0 Å². The van der Waals surface area contributed by atoms with Gasteiger partial charge < -0.3 is 4.90 Å². The second-order valence-electron chi connectivity index (χ2n) is 9.66. The quantitative estimate of drug-likeness (QED) is 0.301. The highest BCUT2D eigenvalue weighted by Crippen LogP contribution is 2.38. The number of carbonyl (C=O) groups excluding carboxylic acids is 2. The van der Waals surface area contributed by atoms with Gasteiger partial charge in [-0.25, -0.2) is 0 Å². The number of rotatable bonds is 4. The predicted octanol–water partition coefficient (Wildman–Crippen LogP) is 7.19. The summed E-state index contributed by atoms with van der Waals surface area (Å²) in [6.45, 7) is 10.6. The number of thioether (sulfide) groups is 1. The number of nitrogens with zero attached hydrogens (tertiary/aromatic N) is 4. The summed E-state index contributed by atoms with van der Waals surface area (Å²) in [6, 6.07) is 11.9. The summed E-state index contributed by atoms with van der Waals surface area (Å²) in [5.74, 6) is 0.550. The fraction of sp³-hybridized carbons (Fsp3) is 0.407. The number of hydrogen-bond donors (Lipinski definition) is 0. The van der Waals surface area contributed by atoms with Crippen LogP contribution in [0.3, 0.4) is 0 Å². The van der Waals surface area contributed by atoms with Crippen molar-refractivity contribution in [1.29, 1.82) is 0 Å². The average molecular weight is 546 g/mol. The van der Waals surface area contributed by atoms with Gasteiger partial charge in [0, 0.05) is 30.3 Å². The molecule has 0 atom stereocenters. The zero-order valence-electron chi connectivity index (χ0n) is 21.1. The molecule has 0 aliphatic carbocycles. The Morgan fingerprint density at radius 2 is 1.92 bits per heavy atom. The second kappa shape index (κ2) is 10.6. The van der Waals surface area contributed by atoms with Crippen LogP contribution < -0.4 is 4.90 Å². The first-order valence-corrected chi connectivity index (χ1v) is 13.7. The lowest BCUT2D eigenvalue weighted by atomic mass is 9.93. The number of imide groups is 1. The Kier molecular flexibility index (Phi) is 7.83. The number of aryl methyl sites for hydroxylation is 1. The number of benzene rings is 2. The molecule has 0 N–H and O–H groups in total. The molecule has 0 spiro atoms. The Morgan fingerprint density at radius 1 is 1.17 bits per heavy atom. The SMILES string of the molecule is CCC(=O)N1N=C(c2ccc3c(c2)CCCN3C(=NC(C)C)c2ccc(Cl)c(Cl)c2)C(C)(C)SC1=O. The van der Waals surface area contributed by atoms with Gasteiger partial charge in [0.05, 0.1) is 20.5 Å². The van der Waals surface area contributed by atoms with Crippen LogP contribution in [0.1, 0.15) is 64.2 Å². The minimum atomic E-state index is -0.561. The summed E-state index contributed by atoms with van der Waals surface area (Å²) < 4.78 is -0.561. The van der Waals surface area contributed by atoms with Gasteiger partial charge >= 0.3 is 5.24 Å². The molecule has 0 saturated carbocycles. The van der Waals surface area contributed by atoms with E-state index in [2.05, 4.69) is 36.0 Å². The standard InChI is InChI=1S/C27H30Cl2N4O2S/c1-6-23(34)33-26(35)36-27(4,5)24(31-33)18-10-12-22-17(14-18)8-7-13-32(22)25(30-16(2)3)19-9-11-20(28)21(29)15-19/h9-12,14-16H,6-8,13H2,1-5H3. The van der Waals surface area contributed by atoms with Crippen molar-refractivity contribution < 1.29 is 9.59 Å². The molecule has 190 valence electrons. The highest BCUT2D eigenvalue weighted by molar-refractivity contribution is 8.15. The van der Waals surface area contributed by atoms with Crippen LogP contribution >= 0.6 is 35.0 Å². The lowest BCUT2D eigenvalue weighted by Gasteiger charge is -2.35. The number of amides is 2. The van der Waals surface area contributed by atoms with Crippen LogP contribution in [0, 0.1) is 0 Å². The van der Waals surface area contributed by atoms with Crippen LogP contribution in [0.15, 0.2) is 46.5 Å². The van der Waals surface area contributed by atoms with E-state index in [1.807, 2.05) is 32.0 Å². The smallest absolute Gasteiger partial charge is 0.309 e. The molecular weight excluding hydrogens is 515 g/mol. The molecule has 0 fully saturated rings. The zero-order valence-corrected chi connectivity index (χ0v) is 23.5. The molecule has 6 nitrogen and oxygen atoms in total. The van der Waals surface area contributed by atoms with Crippen LogP contribution in [0.4, 0.5) is 10.5 Å². The van der Waals surface area contributed by atoms with Crippen molar-refractivity contribution in [1.82, 2.24) is 5.01 Å². The lowest BCUT2D eigenvalue weighted by molar-refractivity contribution is -0.127. The first-order valence-electron chi connectivity index (χ1n) is 12.1. The van der Waals surface area contributed by atoms with Crippen molar-refractivity contribution in [3.63, 3.8) is 0 Å². The highest BCUT2D eigenvalue weighted by Gasteiger charge is 2.39. The van der Waals surface area contributed by atoms with Gasteiger partial charge in [-0.15, -0.1) is 0 Å². The molecule has 2 aliphatic rings. The van der Waals surface area contributed by atoms with E-state index in [1.165, 1.54) is 5.56 Å². The summed E-state index contributed by atoms with van der Waals surface area (Å²) in [5.41, 5.74) is 4.79. The fourth-order valence-corrected chi connectivity index (χ4v) is 5.65. The predicted molar refractivity (Wildman–Crippen MR) is 151 cm³/mol. The molecule has 0 aromatic heterocycles. The maximum Gasteiger partial charge on any atom is 0.309 e. The molecule has 2 amide bonds.